The molecule has 2 aromatic carbocycles. The van der Waals surface area contributed by atoms with Crippen molar-refractivity contribution in [1.29, 1.82) is 0 Å². The van der Waals surface area contributed by atoms with Crippen molar-refractivity contribution in [1.82, 2.24) is 49.3 Å². The van der Waals surface area contributed by atoms with E-state index in [1.165, 1.54) is 23.5 Å². The molecule has 0 amide bonds. The summed E-state index contributed by atoms with van der Waals surface area (Å²) in [7, 11) is 0. The average Bonchev–Trinajstić information content (AvgIpc) is 3.81. The minimum absolute atomic E-state index is 0.154. The fourth-order valence-corrected chi connectivity index (χ4v) is 6.95. The van der Waals surface area contributed by atoms with Crippen molar-refractivity contribution in [2.75, 3.05) is 10.9 Å². The number of nitrogens with zero attached hydrogens (tertiary/aromatic N) is 14. The molecule has 0 unspecified atom stereocenters. The number of aryl methyl sites for hydroxylation is 4. The van der Waals surface area contributed by atoms with Crippen LogP contribution >= 0.6 is 23.5 Å². The first kappa shape index (κ1) is 31.4. The number of hydrogen-bond donors (Lipinski definition) is 2. The zero-order chi connectivity index (χ0) is 34.2. The Morgan fingerprint density at radius 3 is 1.34 bits per heavy atom. The molecule has 0 saturated carbocycles. The van der Waals surface area contributed by atoms with Crippen molar-refractivity contribution in [3.8, 4) is 0 Å². The van der Waals surface area contributed by atoms with Crippen LogP contribution in [0.4, 0.5) is 11.9 Å². The number of nitrogens with one attached hydrogen (secondary N) is 2. The number of hydrogen-bond acceptors (Lipinski definition) is 14. The van der Waals surface area contributed by atoms with Crippen LogP contribution in [0.5, 0.6) is 0 Å². The molecule has 2 aliphatic rings. The molecule has 0 atom stereocenters. The standard InChI is InChI=1S/C32H30N16S2/c1-19-15-21(3)45(41-19)29-35-25(33-27-37-39-31(47(27)43-29)49-17-23-11-7-5-8-12-23)26-34-28-38-40-32(50-18-24-13-9-6-10-14-24)48(28)44-30(36-26)46-22(4)16-20(2)42-46/h5-16H,17-18H2,1-4H3,(H,33,35,37,43)(H,34,36,38,44). The average molecular weight is 703 g/mol. The zero-order valence-corrected chi connectivity index (χ0v) is 29.1. The number of benzene rings is 2. The van der Waals surface area contributed by atoms with Gasteiger partial charge in [0.25, 0.3) is 11.9 Å². The van der Waals surface area contributed by atoms with Crippen LogP contribution in [0.25, 0.3) is 0 Å². The summed E-state index contributed by atoms with van der Waals surface area (Å²) in [6, 6.07) is 24.2. The van der Waals surface area contributed by atoms with Crippen molar-refractivity contribution >= 4 is 59.0 Å². The third-order valence-electron chi connectivity index (χ3n) is 7.53. The lowest BCUT2D eigenvalue weighted by Crippen LogP contribution is -2.32. The summed E-state index contributed by atoms with van der Waals surface area (Å²) in [6.07, 6.45) is 0. The van der Waals surface area contributed by atoms with Gasteiger partial charge in [0.1, 0.15) is 0 Å². The third-order valence-corrected chi connectivity index (χ3v) is 9.53. The van der Waals surface area contributed by atoms with E-state index in [1.54, 1.807) is 18.7 Å². The molecule has 2 N–H and O–H groups in total. The van der Waals surface area contributed by atoms with Crippen LogP contribution < -0.4 is 10.9 Å². The van der Waals surface area contributed by atoms with Gasteiger partial charge in [-0.15, -0.1) is 20.4 Å². The lowest BCUT2D eigenvalue weighted by atomic mass is 10.2. The van der Waals surface area contributed by atoms with Gasteiger partial charge in [-0.25, -0.2) is 9.36 Å². The third kappa shape index (κ3) is 6.32. The largest absolute Gasteiger partial charge is 0.273 e. The molecule has 0 bridgehead atoms. The molecule has 18 heteroatoms. The Morgan fingerprint density at radius 2 is 0.960 bits per heavy atom. The molecule has 16 nitrogen and oxygen atoms in total. The van der Waals surface area contributed by atoms with Crippen LogP contribution in [-0.4, -0.2) is 72.9 Å². The summed E-state index contributed by atoms with van der Waals surface area (Å²) in [4.78, 5) is 19.6. The van der Waals surface area contributed by atoms with Gasteiger partial charge >= 0.3 is 0 Å². The fourth-order valence-electron chi connectivity index (χ4n) is 5.26. The maximum Gasteiger partial charge on any atom is 0.273 e. The molecule has 250 valence electrons. The highest BCUT2D eigenvalue weighted by Gasteiger charge is 2.27. The molecule has 0 aliphatic carbocycles. The number of aliphatic imine (C=N–C) groups is 4. The lowest BCUT2D eigenvalue weighted by Gasteiger charge is -2.13. The summed E-state index contributed by atoms with van der Waals surface area (Å²) in [6.45, 7) is 7.75. The molecule has 8 rings (SSSR count). The van der Waals surface area contributed by atoms with Crippen molar-refractivity contribution in [2.45, 2.75) is 49.5 Å². The second-order valence-corrected chi connectivity index (χ2v) is 13.3. The van der Waals surface area contributed by atoms with Crippen molar-refractivity contribution < 1.29 is 0 Å². The van der Waals surface area contributed by atoms with Gasteiger partial charge in [0, 0.05) is 22.9 Å². The highest BCUT2D eigenvalue weighted by molar-refractivity contribution is 7.98. The quantitative estimate of drug-likeness (QED) is 0.221. The minimum Gasteiger partial charge on any atom is -0.256 e. The molecule has 2 aliphatic heterocycles. The second-order valence-electron chi connectivity index (χ2n) is 11.4. The van der Waals surface area contributed by atoms with E-state index in [2.05, 4.69) is 55.5 Å². The molecule has 4 aromatic heterocycles. The summed E-state index contributed by atoms with van der Waals surface area (Å²) >= 11 is 3.04. The van der Waals surface area contributed by atoms with Gasteiger partial charge in [-0.1, -0.05) is 84.2 Å². The van der Waals surface area contributed by atoms with Crippen LogP contribution in [0.1, 0.15) is 33.9 Å². The molecule has 6 heterocycles. The van der Waals surface area contributed by atoms with E-state index in [-0.39, 0.29) is 23.6 Å². The first-order chi connectivity index (χ1) is 24.4. The van der Waals surface area contributed by atoms with Crippen LogP contribution in [-0.2, 0) is 11.5 Å². The molecule has 0 spiro atoms. The Morgan fingerprint density at radius 1 is 0.540 bits per heavy atom. The molecule has 6 aromatic rings. The normalized spacial score (nSPS) is 13.9. The topological polar surface area (TPSA) is 171 Å². The Hall–Kier alpha value is -5.88. The SMILES string of the molecule is Cc1cc(C)n(C2=NC(C3=Nc4nnc(SCc5ccccc5)n4NC(n4nc(C)cc4C)=N3)=Nc3nnc(SCc4ccccc4)n3N2)n1. The number of rotatable bonds is 7. The summed E-state index contributed by atoms with van der Waals surface area (Å²) in [5.41, 5.74) is 12.4. The van der Waals surface area contributed by atoms with E-state index < -0.39 is 0 Å². The van der Waals surface area contributed by atoms with E-state index in [4.69, 9.17) is 30.2 Å². The Kier molecular flexibility index (Phi) is 8.29. The molecule has 50 heavy (non-hydrogen) atoms. The van der Waals surface area contributed by atoms with E-state index in [9.17, 15) is 0 Å². The van der Waals surface area contributed by atoms with E-state index in [0.29, 0.717) is 33.7 Å². The van der Waals surface area contributed by atoms with Crippen molar-refractivity contribution in [2.24, 2.45) is 20.0 Å². The van der Waals surface area contributed by atoms with Crippen LogP contribution in [0.15, 0.2) is 103 Å². The first-order valence-electron chi connectivity index (χ1n) is 15.6. The maximum absolute atomic E-state index is 4.94. The molecular formula is C32H30N16S2. The highest BCUT2D eigenvalue weighted by atomic mass is 32.2. The van der Waals surface area contributed by atoms with Gasteiger partial charge in [-0.2, -0.15) is 39.5 Å². The predicted octanol–water partition coefficient (Wildman–Crippen LogP) is 4.76. The summed E-state index contributed by atoms with van der Waals surface area (Å²) in [5, 5.41) is 28.3. The zero-order valence-electron chi connectivity index (χ0n) is 27.4. The Bertz CT molecular complexity index is 2160. The summed E-state index contributed by atoms with van der Waals surface area (Å²) < 4.78 is 6.79. The summed E-state index contributed by atoms with van der Waals surface area (Å²) in [5.74, 6) is 2.91. The van der Waals surface area contributed by atoms with Crippen LogP contribution in [0, 0.1) is 27.7 Å². The van der Waals surface area contributed by atoms with Crippen LogP contribution in [0.2, 0.25) is 0 Å². The van der Waals surface area contributed by atoms with E-state index >= 15 is 0 Å². The van der Waals surface area contributed by atoms with Gasteiger partial charge in [0.2, 0.25) is 33.9 Å². The van der Waals surface area contributed by atoms with Gasteiger partial charge in [-0.3, -0.25) is 10.9 Å². The van der Waals surface area contributed by atoms with Gasteiger partial charge < -0.3 is 0 Å². The number of aromatic nitrogens is 10. The lowest BCUT2D eigenvalue weighted by molar-refractivity contribution is 0.797. The number of fused-ring (bicyclic) bond motifs is 2. The molecule has 0 saturated heterocycles. The second kappa shape index (κ2) is 13.2. The maximum atomic E-state index is 4.94. The van der Waals surface area contributed by atoms with Gasteiger partial charge in [-0.05, 0) is 51.0 Å². The molecular weight excluding hydrogens is 673 g/mol. The van der Waals surface area contributed by atoms with Crippen molar-refractivity contribution in [3.63, 3.8) is 0 Å². The molecule has 0 fully saturated rings. The smallest absolute Gasteiger partial charge is 0.256 e. The van der Waals surface area contributed by atoms with Crippen LogP contribution in [0.3, 0.4) is 0 Å². The van der Waals surface area contributed by atoms with Gasteiger partial charge in [0.05, 0.1) is 11.4 Å². The number of thioether (sulfide) groups is 2. The Balaban J connectivity index is 1.24. The van der Waals surface area contributed by atoms with Crippen molar-refractivity contribution in [3.05, 3.63) is 107 Å². The number of amidine groups is 2. The molecule has 0 radical (unpaired) electrons. The first-order valence-corrected chi connectivity index (χ1v) is 17.6. The fraction of sp³-hybridized carbons (Fsp3) is 0.188. The predicted molar refractivity (Wildman–Crippen MR) is 194 cm³/mol. The van der Waals surface area contributed by atoms with Gasteiger partial charge in [0.15, 0.2) is 0 Å². The monoisotopic (exact) mass is 702 g/mol. The van der Waals surface area contributed by atoms with E-state index in [0.717, 1.165) is 33.9 Å². The minimum atomic E-state index is 0.154. The highest BCUT2D eigenvalue weighted by Crippen LogP contribution is 2.27. The Labute approximate surface area is 294 Å². The van der Waals surface area contributed by atoms with E-state index in [1.807, 2.05) is 76.2 Å².